The third kappa shape index (κ3) is 4.08. The van der Waals surface area contributed by atoms with E-state index in [0.29, 0.717) is 34.1 Å². The summed E-state index contributed by atoms with van der Waals surface area (Å²) in [5.74, 6) is -0.180. The van der Waals surface area contributed by atoms with Crippen LogP contribution in [0.25, 0.3) is 11.3 Å². The molecule has 4 rings (SSSR count). The zero-order chi connectivity index (χ0) is 20.2. The van der Waals surface area contributed by atoms with Crippen molar-refractivity contribution in [1.29, 1.82) is 0 Å². The molecule has 0 aliphatic rings. The van der Waals surface area contributed by atoms with Crippen LogP contribution in [0.2, 0.25) is 0 Å². The summed E-state index contributed by atoms with van der Waals surface area (Å²) in [7, 11) is 0. The topological polar surface area (TPSA) is 93.8 Å². The molecular weight excluding hydrogens is 369 g/mol. The summed E-state index contributed by atoms with van der Waals surface area (Å²) in [4.78, 5) is 25.4. The zero-order valence-corrected chi connectivity index (χ0v) is 15.2. The van der Waals surface area contributed by atoms with Gasteiger partial charge in [0.15, 0.2) is 5.78 Å². The number of carbonyl (C=O) groups is 1. The van der Waals surface area contributed by atoms with Crippen LogP contribution in [0.3, 0.4) is 0 Å². The number of halogens is 1. The molecule has 3 N–H and O–H groups in total. The number of aromatic nitrogens is 3. The lowest BCUT2D eigenvalue weighted by Crippen LogP contribution is -2.06. The van der Waals surface area contributed by atoms with E-state index in [4.69, 9.17) is 5.73 Å². The van der Waals surface area contributed by atoms with E-state index in [-0.39, 0.29) is 11.6 Å². The molecule has 0 saturated heterocycles. The first-order valence-electron chi connectivity index (χ1n) is 8.80. The molecule has 2 aromatic carbocycles. The summed E-state index contributed by atoms with van der Waals surface area (Å²) in [6, 6.07) is 16.2. The molecule has 0 spiro atoms. The van der Waals surface area contributed by atoms with Crippen LogP contribution in [0.1, 0.15) is 15.9 Å². The van der Waals surface area contributed by atoms with Gasteiger partial charge in [0.1, 0.15) is 5.82 Å². The number of rotatable bonds is 5. The average Bonchev–Trinajstić information content (AvgIpc) is 2.76. The molecule has 4 aromatic rings. The molecule has 0 atom stereocenters. The van der Waals surface area contributed by atoms with Gasteiger partial charge < -0.3 is 11.1 Å². The van der Waals surface area contributed by atoms with Gasteiger partial charge in [-0.05, 0) is 54.6 Å². The molecule has 142 valence electrons. The minimum absolute atomic E-state index is 0.212. The van der Waals surface area contributed by atoms with Crippen LogP contribution in [-0.2, 0) is 0 Å². The first-order chi connectivity index (χ1) is 14.1. The Kier molecular flexibility index (Phi) is 4.94. The number of nitrogens with two attached hydrogens (primary N) is 1. The summed E-state index contributed by atoms with van der Waals surface area (Å²) < 4.78 is 13.1. The molecule has 0 radical (unpaired) electrons. The van der Waals surface area contributed by atoms with Gasteiger partial charge in [0, 0.05) is 46.7 Å². The van der Waals surface area contributed by atoms with E-state index in [9.17, 15) is 9.18 Å². The molecule has 0 fully saturated rings. The Morgan fingerprint density at radius 1 is 1.00 bits per heavy atom. The average molecular weight is 385 g/mol. The Hall–Kier alpha value is -4.13. The van der Waals surface area contributed by atoms with Crippen molar-refractivity contribution >= 4 is 23.1 Å². The molecule has 0 saturated carbocycles. The van der Waals surface area contributed by atoms with Gasteiger partial charge in [-0.25, -0.2) is 14.4 Å². The number of ketones is 1. The molecule has 0 aliphatic heterocycles. The number of benzene rings is 2. The Balaban J connectivity index is 1.65. The third-order valence-corrected chi connectivity index (χ3v) is 4.27. The normalized spacial score (nSPS) is 10.5. The third-order valence-electron chi connectivity index (χ3n) is 4.27. The van der Waals surface area contributed by atoms with Gasteiger partial charge in [0.25, 0.3) is 0 Å². The SMILES string of the molecule is Nc1ccc(-c2ccnc(Nc3ccc(F)cc3)n2)cc1C(=O)c1cccnc1. The standard InChI is InChI=1S/C22H16FN5O/c23-16-4-6-17(7-5-16)27-22-26-11-9-20(28-22)14-3-8-19(24)18(12-14)21(29)15-2-1-10-25-13-15/h1-13H,24H2,(H,26,27,28). The summed E-state index contributed by atoms with van der Waals surface area (Å²) in [6.07, 6.45) is 4.71. The summed E-state index contributed by atoms with van der Waals surface area (Å²) >= 11 is 0. The lowest BCUT2D eigenvalue weighted by atomic mass is 9.99. The van der Waals surface area contributed by atoms with E-state index in [1.54, 1.807) is 60.9 Å². The van der Waals surface area contributed by atoms with Crippen LogP contribution in [0.4, 0.5) is 21.7 Å². The molecule has 0 aliphatic carbocycles. The van der Waals surface area contributed by atoms with Gasteiger partial charge in [-0.2, -0.15) is 0 Å². The number of hydrogen-bond acceptors (Lipinski definition) is 6. The maximum Gasteiger partial charge on any atom is 0.227 e. The van der Waals surface area contributed by atoms with Crippen molar-refractivity contribution in [3.63, 3.8) is 0 Å². The second kappa shape index (κ2) is 7.85. The van der Waals surface area contributed by atoms with E-state index >= 15 is 0 Å². The van der Waals surface area contributed by atoms with Crippen molar-refractivity contribution in [3.8, 4) is 11.3 Å². The first kappa shape index (κ1) is 18.2. The molecule has 2 heterocycles. The van der Waals surface area contributed by atoms with E-state index in [2.05, 4.69) is 20.3 Å². The Morgan fingerprint density at radius 2 is 1.83 bits per heavy atom. The number of pyridine rings is 1. The van der Waals surface area contributed by atoms with Gasteiger partial charge in [-0.15, -0.1) is 0 Å². The zero-order valence-electron chi connectivity index (χ0n) is 15.2. The van der Waals surface area contributed by atoms with Gasteiger partial charge in [-0.3, -0.25) is 9.78 Å². The fourth-order valence-corrected chi connectivity index (χ4v) is 2.81. The van der Waals surface area contributed by atoms with E-state index in [1.165, 1.54) is 18.3 Å². The maximum atomic E-state index is 13.1. The van der Waals surface area contributed by atoms with Gasteiger partial charge >= 0.3 is 0 Å². The van der Waals surface area contributed by atoms with Gasteiger partial charge in [0.2, 0.25) is 5.95 Å². The minimum atomic E-state index is -0.321. The molecule has 0 unspecified atom stereocenters. The molecule has 2 aromatic heterocycles. The lowest BCUT2D eigenvalue weighted by Gasteiger charge is -2.09. The maximum absolute atomic E-state index is 13.1. The van der Waals surface area contributed by atoms with E-state index < -0.39 is 0 Å². The molecule has 0 amide bonds. The second-order valence-corrected chi connectivity index (χ2v) is 6.27. The predicted octanol–water partition coefficient (Wildman–Crippen LogP) is 4.23. The minimum Gasteiger partial charge on any atom is -0.398 e. The van der Waals surface area contributed by atoms with Crippen LogP contribution in [0.5, 0.6) is 0 Å². The Morgan fingerprint density at radius 3 is 2.59 bits per heavy atom. The number of hydrogen-bond donors (Lipinski definition) is 2. The second-order valence-electron chi connectivity index (χ2n) is 6.27. The van der Waals surface area contributed by atoms with Crippen LogP contribution >= 0.6 is 0 Å². The summed E-state index contributed by atoms with van der Waals surface area (Å²) in [6.45, 7) is 0. The highest BCUT2D eigenvalue weighted by Crippen LogP contribution is 2.25. The van der Waals surface area contributed by atoms with E-state index in [0.717, 1.165) is 5.56 Å². The van der Waals surface area contributed by atoms with Gasteiger partial charge in [0.05, 0.1) is 5.69 Å². The van der Waals surface area contributed by atoms with E-state index in [1.807, 2.05) is 0 Å². The number of nitrogens with one attached hydrogen (secondary N) is 1. The van der Waals surface area contributed by atoms with Crippen molar-refractivity contribution in [2.24, 2.45) is 0 Å². The number of anilines is 3. The van der Waals surface area contributed by atoms with Crippen LogP contribution in [-0.4, -0.2) is 20.7 Å². The Labute approximate surface area is 166 Å². The number of carbonyl (C=O) groups excluding carboxylic acids is 1. The monoisotopic (exact) mass is 385 g/mol. The van der Waals surface area contributed by atoms with Crippen LogP contribution < -0.4 is 11.1 Å². The van der Waals surface area contributed by atoms with Crippen LogP contribution in [0.15, 0.2) is 79.3 Å². The van der Waals surface area contributed by atoms with Crippen LogP contribution in [0, 0.1) is 5.82 Å². The molecule has 6 nitrogen and oxygen atoms in total. The highest BCUT2D eigenvalue weighted by Gasteiger charge is 2.14. The van der Waals surface area contributed by atoms with Crippen molar-refractivity contribution in [1.82, 2.24) is 15.0 Å². The number of nitrogens with zero attached hydrogens (tertiary/aromatic N) is 3. The molecule has 7 heteroatoms. The lowest BCUT2D eigenvalue weighted by molar-refractivity contribution is 0.103. The molecular formula is C22H16FN5O. The van der Waals surface area contributed by atoms with Crippen molar-refractivity contribution in [3.05, 3.63) is 96.2 Å². The van der Waals surface area contributed by atoms with Crippen molar-refractivity contribution < 1.29 is 9.18 Å². The largest absolute Gasteiger partial charge is 0.398 e. The summed E-state index contributed by atoms with van der Waals surface area (Å²) in [5, 5.41) is 3.03. The van der Waals surface area contributed by atoms with Crippen molar-refractivity contribution in [2.45, 2.75) is 0 Å². The quantitative estimate of drug-likeness (QED) is 0.394. The predicted molar refractivity (Wildman–Crippen MR) is 109 cm³/mol. The Bertz CT molecular complexity index is 1160. The highest BCUT2D eigenvalue weighted by atomic mass is 19.1. The fraction of sp³-hybridized carbons (Fsp3) is 0. The number of nitrogen functional groups attached to an aromatic ring is 1. The summed E-state index contributed by atoms with van der Waals surface area (Å²) in [5.41, 5.74) is 9.24. The molecule has 29 heavy (non-hydrogen) atoms. The highest BCUT2D eigenvalue weighted by molar-refractivity contribution is 6.12. The molecule has 0 bridgehead atoms. The smallest absolute Gasteiger partial charge is 0.227 e. The fourth-order valence-electron chi connectivity index (χ4n) is 2.81. The van der Waals surface area contributed by atoms with Crippen molar-refractivity contribution in [2.75, 3.05) is 11.1 Å². The first-order valence-corrected chi connectivity index (χ1v) is 8.80. The van der Waals surface area contributed by atoms with Gasteiger partial charge in [-0.1, -0.05) is 6.07 Å².